The number of carbonyl (C=O) groups excluding carboxylic acids is 1. The summed E-state index contributed by atoms with van der Waals surface area (Å²) in [6, 6.07) is 8.42. The van der Waals surface area contributed by atoms with Crippen molar-refractivity contribution in [2.45, 2.75) is 13.3 Å². The Morgan fingerprint density at radius 3 is 2.50 bits per heavy atom. The first-order valence-corrected chi connectivity index (χ1v) is 8.89. The van der Waals surface area contributed by atoms with Crippen molar-refractivity contribution in [3.63, 3.8) is 0 Å². The predicted molar refractivity (Wildman–Crippen MR) is 106 cm³/mol. The number of methoxy groups -OCH3 is 2. The Morgan fingerprint density at radius 1 is 1.23 bits per heavy atom. The second kappa shape index (κ2) is 8.84. The molecule has 0 radical (unpaired) electrons. The van der Waals surface area contributed by atoms with Crippen LogP contribution in [0.3, 0.4) is 0 Å². The van der Waals surface area contributed by atoms with Crippen LogP contribution in [0.1, 0.15) is 21.5 Å². The van der Waals surface area contributed by atoms with E-state index in [0.29, 0.717) is 29.0 Å². The molecule has 7 nitrogen and oxygen atoms in total. The first-order valence-electron chi connectivity index (χ1n) is 7.81. The number of hydrogen-bond acceptors (Lipinski definition) is 5. The summed E-state index contributed by atoms with van der Waals surface area (Å²) in [7, 11) is 2.89. The molecule has 0 saturated carbocycles. The van der Waals surface area contributed by atoms with Crippen molar-refractivity contribution in [1.82, 2.24) is 5.32 Å². The molecule has 1 N–H and O–H groups in total. The second-order valence-electron chi connectivity index (χ2n) is 5.54. The lowest BCUT2D eigenvalue weighted by Crippen LogP contribution is -2.26. The zero-order valence-electron chi connectivity index (χ0n) is 14.7. The van der Waals surface area contributed by atoms with Crippen LogP contribution in [0.4, 0.5) is 5.69 Å². The van der Waals surface area contributed by atoms with E-state index in [1.165, 1.54) is 20.3 Å². The number of nitrogens with zero attached hydrogens (tertiary/aromatic N) is 1. The Balaban J connectivity index is 2.15. The summed E-state index contributed by atoms with van der Waals surface area (Å²) < 4.78 is 11.2. The number of benzene rings is 2. The molecule has 2 aromatic carbocycles. The van der Waals surface area contributed by atoms with E-state index in [0.717, 1.165) is 9.13 Å². The maximum Gasteiger partial charge on any atom is 0.276 e. The molecule has 2 aromatic rings. The van der Waals surface area contributed by atoms with E-state index >= 15 is 0 Å². The van der Waals surface area contributed by atoms with E-state index in [4.69, 9.17) is 9.47 Å². The van der Waals surface area contributed by atoms with Gasteiger partial charge in [-0.2, -0.15) is 0 Å². The monoisotopic (exact) mass is 470 g/mol. The highest BCUT2D eigenvalue weighted by Crippen LogP contribution is 2.34. The van der Waals surface area contributed by atoms with Crippen molar-refractivity contribution >= 4 is 34.2 Å². The van der Waals surface area contributed by atoms with Gasteiger partial charge in [0.2, 0.25) is 0 Å². The molecule has 26 heavy (non-hydrogen) atoms. The Morgan fingerprint density at radius 2 is 1.88 bits per heavy atom. The van der Waals surface area contributed by atoms with Crippen LogP contribution in [-0.2, 0) is 6.42 Å². The number of hydrogen-bond donors (Lipinski definition) is 1. The summed E-state index contributed by atoms with van der Waals surface area (Å²) >= 11 is 2.13. The van der Waals surface area contributed by atoms with Gasteiger partial charge in [0, 0.05) is 15.7 Å². The largest absolute Gasteiger partial charge is 0.493 e. The normalized spacial score (nSPS) is 10.3. The van der Waals surface area contributed by atoms with Gasteiger partial charge in [-0.15, -0.1) is 0 Å². The number of aryl methyl sites for hydroxylation is 1. The van der Waals surface area contributed by atoms with Crippen LogP contribution in [0.15, 0.2) is 30.3 Å². The molecule has 0 atom stereocenters. The van der Waals surface area contributed by atoms with Crippen LogP contribution < -0.4 is 14.8 Å². The van der Waals surface area contributed by atoms with E-state index in [2.05, 4.69) is 27.9 Å². The topological polar surface area (TPSA) is 90.7 Å². The fourth-order valence-corrected chi connectivity index (χ4v) is 3.11. The molecule has 0 unspecified atom stereocenters. The van der Waals surface area contributed by atoms with Crippen LogP contribution >= 0.6 is 22.6 Å². The van der Waals surface area contributed by atoms with Crippen molar-refractivity contribution < 1.29 is 19.2 Å². The standard InChI is InChI=1S/C18H19IN2O5/c1-11-5-4-6-13(17(11)19)18(22)20-8-7-12-9-15(25-2)16(26-3)10-14(12)21(23)24/h4-6,9-10H,7-8H2,1-3H3,(H,20,22). The molecule has 138 valence electrons. The second-order valence-corrected chi connectivity index (χ2v) is 6.61. The summed E-state index contributed by atoms with van der Waals surface area (Å²) in [5, 5.41) is 14.1. The minimum absolute atomic E-state index is 0.0676. The molecule has 0 bridgehead atoms. The lowest BCUT2D eigenvalue weighted by molar-refractivity contribution is -0.385. The number of nitro groups is 1. The zero-order valence-corrected chi connectivity index (χ0v) is 16.8. The van der Waals surface area contributed by atoms with Gasteiger partial charge in [-0.05, 0) is 53.6 Å². The molecule has 0 aliphatic rings. The predicted octanol–water partition coefficient (Wildman–Crippen LogP) is 3.50. The summed E-state index contributed by atoms with van der Waals surface area (Å²) in [6.07, 6.45) is 0.296. The lowest BCUT2D eigenvalue weighted by Gasteiger charge is -2.11. The Kier molecular flexibility index (Phi) is 6.78. The van der Waals surface area contributed by atoms with Crippen molar-refractivity contribution in [2.75, 3.05) is 20.8 Å². The average Bonchev–Trinajstić information content (AvgIpc) is 2.63. The highest BCUT2D eigenvalue weighted by molar-refractivity contribution is 14.1. The molecule has 0 aliphatic heterocycles. The van der Waals surface area contributed by atoms with Gasteiger partial charge in [0.1, 0.15) is 0 Å². The van der Waals surface area contributed by atoms with E-state index in [1.54, 1.807) is 12.1 Å². The number of halogens is 1. The molecule has 0 heterocycles. The van der Waals surface area contributed by atoms with Gasteiger partial charge in [0.25, 0.3) is 11.6 Å². The highest BCUT2D eigenvalue weighted by atomic mass is 127. The third-order valence-corrected chi connectivity index (χ3v) is 5.33. The lowest BCUT2D eigenvalue weighted by atomic mass is 10.1. The number of rotatable bonds is 7. The first-order chi connectivity index (χ1) is 12.4. The van der Waals surface area contributed by atoms with Crippen molar-refractivity contribution in [1.29, 1.82) is 0 Å². The summed E-state index contributed by atoms with van der Waals surface area (Å²) in [5.41, 5.74) is 2.01. The average molecular weight is 470 g/mol. The minimum atomic E-state index is -0.470. The Bertz CT molecular complexity index is 839. The van der Waals surface area contributed by atoms with Gasteiger partial charge in [-0.1, -0.05) is 12.1 Å². The molecule has 2 rings (SSSR count). The van der Waals surface area contributed by atoms with Gasteiger partial charge in [-0.25, -0.2) is 0 Å². The van der Waals surface area contributed by atoms with Gasteiger partial charge < -0.3 is 14.8 Å². The van der Waals surface area contributed by atoms with E-state index in [9.17, 15) is 14.9 Å². The van der Waals surface area contributed by atoms with Gasteiger partial charge >= 0.3 is 0 Å². The van der Waals surface area contributed by atoms with Crippen LogP contribution in [0.25, 0.3) is 0 Å². The fraction of sp³-hybridized carbons (Fsp3) is 0.278. The molecule has 0 aliphatic carbocycles. The van der Waals surface area contributed by atoms with Crippen molar-refractivity contribution in [3.05, 3.63) is 60.7 Å². The smallest absolute Gasteiger partial charge is 0.276 e. The molecular weight excluding hydrogens is 451 g/mol. The summed E-state index contributed by atoms with van der Waals surface area (Å²) in [4.78, 5) is 23.2. The first kappa shape index (κ1) is 20.0. The highest BCUT2D eigenvalue weighted by Gasteiger charge is 2.19. The SMILES string of the molecule is COc1cc(CCNC(=O)c2cccc(C)c2I)c([N+](=O)[O-])cc1OC. The van der Waals surface area contributed by atoms with Crippen molar-refractivity contribution in [2.24, 2.45) is 0 Å². The molecule has 0 fully saturated rings. The van der Waals surface area contributed by atoms with Crippen LogP contribution in [0, 0.1) is 20.6 Å². The maximum atomic E-state index is 12.4. The number of carbonyl (C=O) groups is 1. The Labute approximate surface area is 165 Å². The molecule has 8 heteroatoms. The van der Waals surface area contributed by atoms with Gasteiger partial charge in [-0.3, -0.25) is 14.9 Å². The van der Waals surface area contributed by atoms with E-state index in [-0.39, 0.29) is 18.1 Å². The summed E-state index contributed by atoms with van der Waals surface area (Å²) in [5.74, 6) is 0.496. The minimum Gasteiger partial charge on any atom is -0.493 e. The fourth-order valence-electron chi connectivity index (χ4n) is 2.51. The zero-order chi connectivity index (χ0) is 19.3. The number of nitrogens with one attached hydrogen (secondary N) is 1. The van der Waals surface area contributed by atoms with Gasteiger partial charge in [0.15, 0.2) is 11.5 Å². The number of ether oxygens (including phenoxy) is 2. The van der Waals surface area contributed by atoms with Crippen molar-refractivity contribution in [3.8, 4) is 11.5 Å². The van der Waals surface area contributed by atoms with Crippen LogP contribution in [0.5, 0.6) is 11.5 Å². The molecule has 0 aromatic heterocycles. The van der Waals surface area contributed by atoms with Crippen LogP contribution in [-0.4, -0.2) is 31.6 Å². The summed E-state index contributed by atoms with van der Waals surface area (Å²) in [6.45, 7) is 2.20. The molecule has 1 amide bonds. The van der Waals surface area contributed by atoms with Crippen LogP contribution in [0.2, 0.25) is 0 Å². The quantitative estimate of drug-likeness (QED) is 0.380. The van der Waals surface area contributed by atoms with Gasteiger partial charge in [0.05, 0.1) is 30.8 Å². The molecular formula is C18H19IN2O5. The Hall–Kier alpha value is -2.36. The molecule has 0 spiro atoms. The molecule has 0 saturated heterocycles. The maximum absolute atomic E-state index is 12.4. The van der Waals surface area contributed by atoms with E-state index in [1.807, 2.05) is 19.1 Å². The third-order valence-electron chi connectivity index (χ3n) is 3.90. The number of nitro benzene ring substituents is 1. The van der Waals surface area contributed by atoms with E-state index < -0.39 is 4.92 Å². The third kappa shape index (κ3) is 4.43. The number of amides is 1.